The predicted octanol–water partition coefficient (Wildman–Crippen LogP) is 2.11. The van der Waals surface area contributed by atoms with Crippen LogP contribution in [0.2, 0.25) is 0 Å². The molecule has 1 aliphatic heterocycles. The molecule has 0 bridgehead atoms. The van der Waals surface area contributed by atoms with Crippen molar-refractivity contribution in [1.29, 1.82) is 0 Å². The molecule has 104 valence electrons. The number of aromatic nitrogens is 3. The van der Waals surface area contributed by atoms with Crippen molar-refractivity contribution in [2.75, 3.05) is 17.8 Å². The maximum atomic E-state index is 5.79. The Kier molecular flexibility index (Phi) is 2.31. The summed E-state index contributed by atoms with van der Waals surface area (Å²) in [5, 5.41) is 7.50. The summed E-state index contributed by atoms with van der Waals surface area (Å²) in [7, 11) is 1.97. The van der Waals surface area contributed by atoms with Crippen LogP contribution in [0, 0.1) is 0 Å². The highest BCUT2D eigenvalue weighted by atomic mass is 15.5. The molecule has 1 fully saturated rings. The minimum absolute atomic E-state index is 0.0391. The minimum atomic E-state index is -0.0391. The van der Waals surface area contributed by atoms with Crippen LogP contribution in [0.1, 0.15) is 32.1 Å². The highest BCUT2D eigenvalue weighted by Gasteiger charge is 2.38. The average molecular weight is 270 g/mol. The smallest absolute Gasteiger partial charge is 0.221 e. The molecule has 0 unspecified atom stereocenters. The van der Waals surface area contributed by atoms with Crippen molar-refractivity contribution in [3.8, 4) is 0 Å². The van der Waals surface area contributed by atoms with Crippen LogP contribution >= 0.6 is 0 Å². The van der Waals surface area contributed by atoms with Crippen molar-refractivity contribution < 1.29 is 0 Å². The quantitative estimate of drug-likeness (QED) is 0.795. The van der Waals surface area contributed by atoms with Crippen LogP contribution < -0.4 is 10.7 Å². The highest BCUT2D eigenvalue weighted by molar-refractivity contribution is 5.87. The first-order valence-corrected chi connectivity index (χ1v) is 7.13. The SMILES string of the molecule is CN1N=CC2(CCCCC2)n2c1cc1cnc(N)nc12. The number of hydrogen-bond acceptors (Lipinski definition) is 5. The van der Waals surface area contributed by atoms with Crippen LogP contribution in [-0.4, -0.2) is 27.8 Å². The second kappa shape index (κ2) is 3.94. The molecule has 6 nitrogen and oxygen atoms in total. The Balaban J connectivity index is 2.01. The van der Waals surface area contributed by atoms with Gasteiger partial charge in [0.25, 0.3) is 0 Å². The maximum Gasteiger partial charge on any atom is 0.221 e. The third-order valence-corrected chi connectivity index (χ3v) is 4.51. The Labute approximate surface area is 117 Å². The number of hydrazone groups is 1. The fourth-order valence-corrected chi connectivity index (χ4v) is 3.49. The average Bonchev–Trinajstić information content (AvgIpc) is 2.85. The lowest BCUT2D eigenvalue weighted by Gasteiger charge is -2.40. The standard InChI is InChI=1S/C14H18N6/c1-19-11-7-10-8-16-13(15)18-12(10)20(11)14(9-17-19)5-3-2-4-6-14/h7-9H,2-6H2,1H3,(H2,15,16,18). The molecule has 1 spiro atoms. The Hall–Kier alpha value is -2.11. The normalized spacial score (nSPS) is 20.6. The summed E-state index contributed by atoms with van der Waals surface area (Å²) in [6, 6.07) is 2.10. The van der Waals surface area contributed by atoms with Gasteiger partial charge >= 0.3 is 0 Å². The van der Waals surface area contributed by atoms with E-state index in [2.05, 4.69) is 31.9 Å². The van der Waals surface area contributed by atoms with Crippen LogP contribution in [0.4, 0.5) is 11.8 Å². The van der Waals surface area contributed by atoms with E-state index < -0.39 is 0 Å². The van der Waals surface area contributed by atoms with Crippen LogP contribution in [0.25, 0.3) is 11.0 Å². The van der Waals surface area contributed by atoms with Gasteiger partial charge in [-0.2, -0.15) is 10.1 Å². The van der Waals surface area contributed by atoms with Crippen LogP contribution in [-0.2, 0) is 5.54 Å². The molecule has 1 saturated carbocycles. The number of hydrogen-bond donors (Lipinski definition) is 1. The van der Waals surface area contributed by atoms with Crippen molar-refractivity contribution in [2.24, 2.45) is 5.10 Å². The van der Waals surface area contributed by atoms with Gasteiger partial charge in [-0.1, -0.05) is 19.3 Å². The summed E-state index contributed by atoms with van der Waals surface area (Å²) in [6.45, 7) is 0. The molecule has 2 aliphatic rings. The second-order valence-corrected chi connectivity index (χ2v) is 5.78. The molecular weight excluding hydrogens is 252 g/mol. The lowest BCUT2D eigenvalue weighted by Crippen LogP contribution is -2.42. The fraction of sp³-hybridized carbons (Fsp3) is 0.500. The molecule has 0 radical (unpaired) electrons. The summed E-state index contributed by atoms with van der Waals surface area (Å²) in [5.41, 5.74) is 6.67. The number of fused-ring (bicyclic) bond motifs is 4. The maximum absolute atomic E-state index is 5.79. The first-order valence-electron chi connectivity index (χ1n) is 7.13. The fourth-order valence-electron chi connectivity index (χ4n) is 3.49. The molecule has 2 aromatic rings. The molecule has 2 N–H and O–H groups in total. The molecule has 0 atom stereocenters. The molecule has 0 saturated heterocycles. The van der Waals surface area contributed by atoms with Gasteiger partial charge < -0.3 is 5.73 Å². The number of anilines is 2. The zero-order valence-electron chi connectivity index (χ0n) is 11.6. The van der Waals surface area contributed by atoms with E-state index in [1.807, 2.05) is 12.1 Å². The van der Waals surface area contributed by atoms with E-state index in [9.17, 15) is 0 Å². The third-order valence-electron chi connectivity index (χ3n) is 4.51. The van der Waals surface area contributed by atoms with Crippen molar-refractivity contribution in [1.82, 2.24) is 14.5 Å². The van der Waals surface area contributed by atoms with E-state index in [4.69, 9.17) is 5.73 Å². The van der Waals surface area contributed by atoms with Crippen LogP contribution in [0.5, 0.6) is 0 Å². The van der Waals surface area contributed by atoms with Gasteiger partial charge in [0, 0.05) is 18.6 Å². The number of nitrogens with two attached hydrogens (primary N) is 1. The van der Waals surface area contributed by atoms with Gasteiger partial charge in [-0.15, -0.1) is 0 Å². The number of rotatable bonds is 0. The van der Waals surface area contributed by atoms with Gasteiger partial charge in [-0.3, -0.25) is 9.58 Å². The van der Waals surface area contributed by atoms with Gasteiger partial charge in [0.2, 0.25) is 5.95 Å². The lowest BCUT2D eigenvalue weighted by atomic mass is 9.82. The van der Waals surface area contributed by atoms with Gasteiger partial charge in [-0.25, -0.2) is 4.98 Å². The molecule has 20 heavy (non-hydrogen) atoms. The largest absolute Gasteiger partial charge is 0.368 e. The molecule has 2 aromatic heterocycles. The van der Waals surface area contributed by atoms with Gasteiger partial charge in [-0.05, 0) is 18.9 Å². The summed E-state index contributed by atoms with van der Waals surface area (Å²) in [6.07, 6.45) is 9.89. The first kappa shape index (κ1) is 11.7. The van der Waals surface area contributed by atoms with E-state index >= 15 is 0 Å². The van der Waals surface area contributed by atoms with E-state index in [-0.39, 0.29) is 5.54 Å². The number of nitrogen functional groups attached to an aromatic ring is 1. The highest BCUT2D eigenvalue weighted by Crippen LogP contribution is 2.42. The Bertz CT molecular complexity index is 695. The van der Waals surface area contributed by atoms with Crippen molar-refractivity contribution in [3.63, 3.8) is 0 Å². The minimum Gasteiger partial charge on any atom is -0.368 e. The van der Waals surface area contributed by atoms with Crippen molar-refractivity contribution in [3.05, 3.63) is 12.3 Å². The van der Waals surface area contributed by atoms with Gasteiger partial charge in [0.15, 0.2) is 0 Å². The van der Waals surface area contributed by atoms with Crippen molar-refractivity contribution >= 4 is 29.0 Å². The molecule has 6 heteroatoms. The topological polar surface area (TPSA) is 72.3 Å². The monoisotopic (exact) mass is 270 g/mol. The summed E-state index contributed by atoms with van der Waals surface area (Å²) in [5.74, 6) is 1.40. The van der Waals surface area contributed by atoms with E-state index in [1.54, 1.807) is 6.20 Å². The lowest BCUT2D eigenvalue weighted by molar-refractivity contribution is 0.290. The van der Waals surface area contributed by atoms with Crippen LogP contribution in [0.15, 0.2) is 17.4 Å². The van der Waals surface area contributed by atoms with E-state index in [1.165, 1.54) is 19.3 Å². The van der Waals surface area contributed by atoms with E-state index in [0.29, 0.717) is 5.95 Å². The second-order valence-electron chi connectivity index (χ2n) is 5.78. The Morgan fingerprint density at radius 1 is 1.25 bits per heavy atom. The zero-order valence-corrected chi connectivity index (χ0v) is 11.6. The Morgan fingerprint density at radius 2 is 2.05 bits per heavy atom. The predicted molar refractivity (Wildman–Crippen MR) is 79.9 cm³/mol. The summed E-state index contributed by atoms with van der Waals surface area (Å²) >= 11 is 0. The molecule has 4 rings (SSSR count). The first-order chi connectivity index (χ1) is 9.70. The summed E-state index contributed by atoms with van der Waals surface area (Å²) in [4.78, 5) is 8.58. The van der Waals surface area contributed by atoms with Gasteiger partial charge in [0.05, 0.1) is 11.8 Å². The summed E-state index contributed by atoms with van der Waals surface area (Å²) < 4.78 is 2.31. The molecule has 0 aromatic carbocycles. The van der Waals surface area contributed by atoms with Crippen LogP contribution in [0.3, 0.4) is 0 Å². The molecule has 3 heterocycles. The third kappa shape index (κ3) is 1.47. The number of nitrogens with zero attached hydrogens (tertiary/aromatic N) is 5. The molecular formula is C14H18N6. The molecule has 0 amide bonds. The van der Waals surface area contributed by atoms with Crippen molar-refractivity contribution in [2.45, 2.75) is 37.6 Å². The molecule has 1 aliphatic carbocycles. The zero-order chi connectivity index (χ0) is 13.7. The van der Waals surface area contributed by atoms with Gasteiger partial charge in [0.1, 0.15) is 11.5 Å². The Morgan fingerprint density at radius 3 is 2.85 bits per heavy atom. The van der Waals surface area contributed by atoms with E-state index in [0.717, 1.165) is 29.7 Å².